The zero-order valence-corrected chi connectivity index (χ0v) is 15.2. The van der Waals surface area contributed by atoms with Crippen LogP contribution in [0.25, 0.3) is 0 Å². The molecule has 2 aliphatic rings. The summed E-state index contributed by atoms with van der Waals surface area (Å²) in [5.74, 6) is -0.155. The second-order valence-electron chi connectivity index (χ2n) is 7.11. The Hall–Kier alpha value is -0.660. The highest BCUT2D eigenvalue weighted by Gasteiger charge is 2.26. The van der Waals surface area contributed by atoms with Crippen LogP contribution in [0.4, 0.5) is 0 Å². The lowest BCUT2D eigenvalue weighted by atomic mass is 9.88. The number of piperidine rings is 1. The molecular weight excluding hydrogens is 314 g/mol. The van der Waals surface area contributed by atoms with Crippen molar-refractivity contribution in [2.75, 3.05) is 25.4 Å². The summed E-state index contributed by atoms with van der Waals surface area (Å²) in [5, 5.41) is 2.88. The van der Waals surface area contributed by atoms with Gasteiger partial charge in [0.2, 0.25) is 15.9 Å². The molecule has 2 N–H and O–H groups in total. The lowest BCUT2D eigenvalue weighted by Crippen LogP contribution is -2.48. The molecule has 1 aliphatic carbocycles. The van der Waals surface area contributed by atoms with Gasteiger partial charge in [-0.15, -0.1) is 0 Å². The maximum Gasteiger partial charge on any atom is 0.236 e. The average molecular weight is 346 g/mol. The summed E-state index contributed by atoms with van der Waals surface area (Å²) in [6.45, 7) is 7.28. The fourth-order valence-electron chi connectivity index (χ4n) is 3.51. The van der Waals surface area contributed by atoms with Crippen LogP contribution in [0.15, 0.2) is 0 Å². The minimum absolute atomic E-state index is 0.00297. The molecule has 0 aromatic carbocycles. The first kappa shape index (κ1) is 18.7. The molecule has 0 aromatic heterocycles. The number of sulfonamides is 1. The van der Waals surface area contributed by atoms with Crippen LogP contribution < -0.4 is 10.0 Å². The van der Waals surface area contributed by atoms with Gasteiger partial charge in [0.15, 0.2) is 0 Å². The van der Waals surface area contributed by atoms with Crippen LogP contribution >= 0.6 is 0 Å². The molecule has 0 unspecified atom stereocenters. The highest BCUT2D eigenvalue weighted by Crippen LogP contribution is 2.23. The number of hydrogen-bond donors (Lipinski definition) is 2. The smallest absolute Gasteiger partial charge is 0.236 e. The number of nitrogens with zero attached hydrogens (tertiary/aromatic N) is 1. The monoisotopic (exact) mass is 345 g/mol. The molecule has 1 saturated heterocycles. The lowest BCUT2D eigenvalue weighted by Gasteiger charge is -2.31. The van der Waals surface area contributed by atoms with Crippen LogP contribution in [-0.4, -0.2) is 56.7 Å². The van der Waals surface area contributed by atoms with Crippen molar-refractivity contribution in [3.63, 3.8) is 0 Å². The second kappa shape index (κ2) is 8.44. The summed E-state index contributed by atoms with van der Waals surface area (Å²) in [7, 11) is -3.54. The van der Waals surface area contributed by atoms with Crippen LogP contribution in [0.3, 0.4) is 0 Å². The number of carbonyl (C=O) groups is 1. The summed E-state index contributed by atoms with van der Waals surface area (Å²) in [6, 6.07) is 0.104. The van der Waals surface area contributed by atoms with E-state index in [0.717, 1.165) is 58.2 Å². The van der Waals surface area contributed by atoms with Crippen LogP contribution in [0.2, 0.25) is 0 Å². The molecular formula is C16H31N3O3S. The van der Waals surface area contributed by atoms with E-state index in [1.54, 1.807) is 0 Å². The van der Waals surface area contributed by atoms with Crippen LogP contribution in [0.5, 0.6) is 0 Å². The maximum atomic E-state index is 12.2. The molecule has 23 heavy (non-hydrogen) atoms. The molecule has 0 aromatic rings. The van der Waals surface area contributed by atoms with E-state index in [0.29, 0.717) is 5.92 Å². The standard InChI is InChI=1S/C16H31N3O3S/c1-3-19-10-8-14(9-11-19)17-16(20)12-23(21,22)18-15-6-4-13(2)5-7-15/h13-15,18H,3-12H2,1-2H3,(H,17,20). The Kier molecular flexibility index (Phi) is 6.85. The Balaban J connectivity index is 1.73. The second-order valence-corrected chi connectivity index (χ2v) is 8.86. The Morgan fingerprint density at radius 2 is 1.65 bits per heavy atom. The Labute approximate surface area is 140 Å². The first-order valence-electron chi connectivity index (χ1n) is 8.89. The number of amides is 1. The normalized spacial score (nSPS) is 27.7. The fourth-order valence-corrected chi connectivity index (χ4v) is 4.76. The minimum Gasteiger partial charge on any atom is -0.352 e. The quantitative estimate of drug-likeness (QED) is 0.755. The van der Waals surface area contributed by atoms with Gasteiger partial charge in [-0.25, -0.2) is 13.1 Å². The third kappa shape index (κ3) is 6.39. The van der Waals surface area contributed by atoms with Gasteiger partial charge in [-0.05, 0) is 51.0 Å². The van der Waals surface area contributed by atoms with Gasteiger partial charge in [-0.3, -0.25) is 4.79 Å². The highest BCUT2D eigenvalue weighted by molar-refractivity contribution is 7.90. The molecule has 0 atom stereocenters. The first-order valence-corrected chi connectivity index (χ1v) is 10.5. The predicted molar refractivity (Wildman–Crippen MR) is 91.6 cm³/mol. The molecule has 0 radical (unpaired) electrons. The van der Waals surface area contributed by atoms with Gasteiger partial charge in [0.1, 0.15) is 5.75 Å². The molecule has 1 saturated carbocycles. The summed E-state index contributed by atoms with van der Waals surface area (Å²) >= 11 is 0. The average Bonchev–Trinajstić information content (AvgIpc) is 2.49. The van der Waals surface area contributed by atoms with Gasteiger partial charge in [0.05, 0.1) is 0 Å². The topological polar surface area (TPSA) is 78.5 Å². The highest BCUT2D eigenvalue weighted by atomic mass is 32.2. The van der Waals surface area contributed by atoms with Crippen LogP contribution in [0.1, 0.15) is 52.4 Å². The number of rotatable bonds is 6. The molecule has 2 fully saturated rings. The van der Waals surface area contributed by atoms with Crippen molar-refractivity contribution < 1.29 is 13.2 Å². The van der Waals surface area contributed by atoms with Crippen molar-refractivity contribution in [3.05, 3.63) is 0 Å². The summed E-state index contributed by atoms with van der Waals surface area (Å²) in [5.41, 5.74) is 0. The van der Waals surface area contributed by atoms with Gasteiger partial charge >= 0.3 is 0 Å². The summed E-state index contributed by atoms with van der Waals surface area (Å²) in [4.78, 5) is 14.4. The van der Waals surface area contributed by atoms with E-state index in [9.17, 15) is 13.2 Å². The van der Waals surface area contributed by atoms with Crippen molar-refractivity contribution >= 4 is 15.9 Å². The molecule has 0 bridgehead atoms. The SMILES string of the molecule is CCN1CCC(NC(=O)CS(=O)(=O)NC2CCC(C)CC2)CC1. The van der Waals surface area contributed by atoms with Gasteiger partial charge in [-0.1, -0.05) is 13.8 Å². The van der Waals surface area contributed by atoms with Crippen molar-refractivity contribution in [2.24, 2.45) is 5.92 Å². The number of likely N-dealkylation sites (tertiary alicyclic amines) is 1. The lowest BCUT2D eigenvalue weighted by molar-refractivity contribution is -0.119. The third-order valence-corrected chi connectivity index (χ3v) is 6.42. The van der Waals surface area contributed by atoms with Crippen molar-refractivity contribution in [1.29, 1.82) is 0 Å². The van der Waals surface area contributed by atoms with E-state index in [-0.39, 0.29) is 18.0 Å². The zero-order chi connectivity index (χ0) is 16.9. The Morgan fingerprint density at radius 1 is 1.04 bits per heavy atom. The van der Waals surface area contributed by atoms with E-state index in [4.69, 9.17) is 0 Å². The van der Waals surface area contributed by atoms with Crippen LogP contribution in [-0.2, 0) is 14.8 Å². The molecule has 0 spiro atoms. The molecule has 6 nitrogen and oxygen atoms in total. The van der Waals surface area contributed by atoms with E-state index in [1.165, 1.54) is 0 Å². The molecule has 1 heterocycles. The van der Waals surface area contributed by atoms with Crippen LogP contribution in [0, 0.1) is 5.92 Å². The minimum atomic E-state index is -3.54. The molecule has 1 amide bonds. The summed E-state index contributed by atoms with van der Waals surface area (Å²) < 4.78 is 27.0. The number of nitrogens with one attached hydrogen (secondary N) is 2. The van der Waals surface area contributed by atoms with E-state index in [2.05, 4.69) is 28.8 Å². The molecule has 1 aliphatic heterocycles. The number of hydrogen-bond acceptors (Lipinski definition) is 4. The van der Waals surface area contributed by atoms with Crippen molar-refractivity contribution in [3.8, 4) is 0 Å². The number of carbonyl (C=O) groups excluding carboxylic acids is 1. The van der Waals surface area contributed by atoms with Gasteiger partial charge < -0.3 is 10.2 Å². The molecule has 2 rings (SSSR count). The van der Waals surface area contributed by atoms with Crippen molar-refractivity contribution in [1.82, 2.24) is 14.9 Å². The first-order chi connectivity index (χ1) is 10.9. The predicted octanol–water partition coefficient (Wildman–Crippen LogP) is 1.09. The largest absolute Gasteiger partial charge is 0.352 e. The van der Waals surface area contributed by atoms with Gasteiger partial charge in [0, 0.05) is 25.2 Å². The van der Waals surface area contributed by atoms with E-state index in [1.807, 2.05) is 0 Å². The zero-order valence-electron chi connectivity index (χ0n) is 14.4. The van der Waals surface area contributed by atoms with Gasteiger partial charge in [-0.2, -0.15) is 0 Å². The van der Waals surface area contributed by atoms with E-state index < -0.39 is 15.8 Å². The molecule has 134 valence electrons. The molecule has 7 heteroatoms. The Bertz CT molecular complexity index is 479. The maximum absolute atomic E-state index is 12.2. The third-order valence-electron chi connectivity index (χ3n) is 5.08. The van der Waals surface area contributed by atoms with Gasteiger partial charge in [0.25, 0.3) is 0 Å². The van der Waals surface area contributed by atoms with E-state index >= 15 is 0 Å². The fraction of sp³-hybridized carbons (Fsp3) is 0.938. The summed E-state index contributed by atoms with van der Waals surface area (Å²) in [6.07, 6.45) is 5.64. The Morgan fingerprint density at radius 3 is 2.22 bits per heavy atom. The van der Waals surface area contributed by atoms with Crippen molar-refractivity contribution in [2.45, 2.75) is 64.5 Å².